The molecule has 0 radical (unpaired) electrons. The van der Waals surface area contributed by atoms with Crippen LogP contribution >= 0.6 is 0 Å². The average molecular weight is 452 g/mol. The number of ketones is 1. The molecular formula is C27H25N5O2. The SMILES string of the molecule is Cc1ccnc(CC(=O)c2ccc(C)c(C#Cc3cnc4c(NC(=O)N(C)C)cccn34)c2)c1. The summed E-state index contributed by atoms with van der Waals surface area (Å²) in [6.07, 6.45) is 5.48. The molecular weight excluding hydrogens is 426 g/mol. The number of anilines is 1. The number of carbonyl (C=O) groups excluding carboxylic acids is 2. The molecule has 0 unspecified atom stereocenters. The number of carbonyl (C=O) groups is 2. The number of fused-ring (bicyclic) bond motifs is 1. The smallest absolute Gasteiger partial charge is 0.321 e. The maximum atomic E-state index is 12.8. The molecule has 0 fully saturated rings. The number of Topliss-reactive ketones (excluding diaryl/α,β-unsaturated/α-hetero) is 1. The zero-order valence-electron chi connectivity index (χ0n) is 19.6. The lowest BCUT2D eigenvalue weighted by Crippen LogP contribution is -2.27. The van der Waals surface area contributed by atoms with Crippen molar-refractivity contribution in [3.05, 3.63) is 94.7 Å². The molecule has 0 saturated heterocycles. The van der Waals surface area contributed by atoms with E-state index in [4.69, 9.17) is 0 Å². The lowest BCUT2D eigenvalue weighted by molar-refractivity contribution is 0.0992. The first kappa shape index (κ1) is 22.7. The molecule has 0 aliphatic rings. The minimum atomic E-state index is -0.235. The van der Waals surface area contributed by atoms with Crippen LogP contribution in [0.5, 0.6) is 0 Å². The third kappa shape index (κ3) is 4.97. The predicted octanol–water partition coefficient (Wildman–Crippen LogP) is 4.26. The van der Waals surface area contributed by atoms with Crippen molar-refractivity contribution in [2.75, 3.05) is 19.4 Å². The van der Waals surface area contributed by atoms with Crippen LogP contribution in [0.25, 0.3) is 5.65 Å². The summed E-state index contributed by atoms with van der Waals surface area (Å²) in [7, 11) is 3.35. The number of aromatic nitrogens is 3. The van der Waals surface area contributed by atoms with E-state index in [0.717, 1.165) is 22.4 Å². The highest BCUT2D eigenvalue weighted by Crippen LogP contribution is 2.18. The summed E-state index contributed by atoms with van der Waals surface area (Å²) in [5, 5.41) is 2.84. The molecule has 0 spiro atoms. The van der Waals surface area contributed by atoms with E-state index in [9.17, 15) is 9.59 Å². The number of amides is 2. The van der Waals surface area contributed by atoms with Crippen LogP contribution in [-0.2, 0) is 6.42 Å². The van der Waals surface area contributed by atoms with Gasteiger partial charge >= 0.3 is 6.03 Å². The molecule has 4 rings (SSSR count). The van der Waals surface area contributed by atoms with Gasteiger partial charge in [-0.1, -0.05) is 18.1 Å². The number of nitrogens with zero attached hydrogens (tertiary/aromatic N) is 4. The maximum Gasteiger partial charge on any atom is 0.321 e. The van der Waals surface area contributed by atoms with Crippen molar-refractivity contribution in [2.24, 2.45) is 0 Å². The Morgan fingerprint density at radius 1 is 1.06 bits per heavy atom. The molecule has 170 valence electrons. The van der Waals surface area contributed by atoms with Crippen molar-refractivity contribution in [3.8, 4) is 11.8 Å². The molecule has 34 heavy (non-hydrogen) atoms. The summed E-state index contributed by atoms with van der Waals surface area (Å²) in [5.41, 5.74) is 6.06. The summed E-state index contributed by atoms with van der Waals surface area (Å²) < 4.78 is 1.83. The zero-order valence-corrected chi connectivity index (χ0v) is 19.6. The fourth-order valence-corrected chi connectivity index (χ4v) is 3.45. The first-order valence-corrected chi connectivity index (χ1v) is 10.8. The number of pyridine rings is 2. The van der Waals surface area contributed by atoms with Crippen LogP contribution in [0.15, 0.2) is 61.1 Å². The predicted molar refractivity (Wildman–Crippen MR) is 132 cm³/mol. The Bertz CT molecular complexity index is 1460. The monoisotopic (exact) mass is 451 g/mol. The summed E-state index contributed by atoms with van der Waals surface area (Å²) in [5.74, 6) is 6.33. The van der Waals surface area contributed by atoms with E-state index in [1.165, 1.54) is 4.90 Å². The molecule has 1 N–H and O–H groups in total. The molecule has 4 aromatic rings. The molecule has 0 atom stereocenters. The Balaban J connectivity index is 1.61. The first-order valence-electron chi connectivity index (χ1n) is 10.8. The number of urea groups is 1. The van der Waals surface area contributed by atoms with Gasteiger partial charge in [-0.15, -0.1) is 0 Å². The van der Waals surface area contributed by atoms with Crippen molar-refractivity contribution in [3.63, 3.8) is 0 Å². The normalized spacial score (nSPS) is 10.5. The minimum absolute atomic E-state index is 0.00257. The Hall–Kier alpha value is -4.44. The fraction of sp³-hybridized carbons (Fsp3) is 0.185. The summed E-state index contributed by atoms with van der Waals surface area (Å²) in [4.78, 5) is 35.1. The van der Waals surface area contributed by atoms with Gasteiger partial charge in [0.1, 0.15) is 5.69 Å². The third-order valence-electron chi connectivity index (χ3n) is 5.38. The van der Waals surface area contributed by atoms with Gasteiger partial charge in [-0.2, -0.15) is 0 Å². The minimum Gasteiger partial charge on any atom is -0.331 e. The number of hydrogen-bond acceptors (Lipinski definition) is 4. The number of benzene rings is 1. The maximum absolute atomic E-state index is 12.8. The number of nitrogens with one attached hydrogen (secondary N) is 1. The number of rotatable bonds is 4. The van der Waals surface area contributed by atoms with Gasteiger partial charge in [0.05, 0.1) is 18.3 Å². The largest absolute Gasteiger partial charge is 0.331 e. The first-order chi connectivity index (χ1) is 16.3. The molecule has 3 heterocycles. The molecule has 7 heteroatoms. The molecule has 7 nitrogen and oxygen atoms in total. The van der Waals surface area contributed by atoms with Crippen LogP contribution in [-0.4, -0.2) is 45.2 Å². The molecule has 0 aliphatic heterocycles. The molecule has 1 aromatic carbocycles. The topological polar surface area (TPSA) is 79.6 Å². The van der Waals surface area contributed by atoms with E-state index < -0.39 is 0 Å². The van der Waals surface area contributed by atoms with Crippen LogP contribution in [0, 0.1) is 25.7 Å². The lowest BCUT2D eigenvalue weighted by Gasteiger charge is -2.12. The van der Waals surface area contributed by atoms with Gasteiger partial charge in [0.2, 0.25) is 0 Å². The standard InChI is InChI=1S/C27H25N5O2/c1-18-11-12-28-22(14-18)16-25(33)21-8-7-19(2)20(15-21)9-10-23-17-29-26-24(6-5-13-32(23)26)30-27(34)31(3)4/h5-8,11-15,17H,16H2,1-4H3,(H,30,34). The lowest BCUT2D eigenvalue weighted by atomic mass is 10.00. The number of aryl methyl sites for hydroxylation is 2. The van der Waals surface area contributed by atoms with Gasteiger partial charge in [-0.3, -0.25) is 14.2 Å². The van der Waals surface area contributed by atoms with Gasteiger partial charge in [0.15, 0.2) is 11.4 Å². The number of imidazole rings is 1. The van der Waals surface area contributed by atoms with E-state index >= 15 is 0 Å². The molecule has 2 amide bonds. The van der Waals surface area contributed by atoms with E-state index in [1.54, 1.807) is 32.6 Å². The highest BCUT2D eigenvalue weighted by Gasteiger charge is 2.12. The van der Waals surface area contributed by atoms with Gasteiger partial charge in [0, 0.05) is 43.3 Å². The van der Waals surface area contributed by atoms with Crippen LogP contribution in [0.2, 0.25) is 0 Å². The van der Waals surface area contributed by atoms with Crippen LogP contribution in [0.3, 0.4) is 0 Å². The quantitative estimate of drug-likeness (QED) is 0.371. The molecule has 0 saturated carbocycles. The van der Waals surface area contributed by atoms with Crippen LogP contribution in [0.4, 0.5) is 10.5 Å². The highest BCUT2D eigenvalue weighted by atomic mass is 16.2. The highest BCUT2D eigenvalue weighted by molar-refractivity contribution is 5.97. The van der Waals surface area contributed by atoms with Crippen LogP contribution < -0.4 is 5.32 Å². The van der Waals surface area contributed by atoms with Gasteiger partial charge in [-0.05, 0) is 61.2 Å². The van der Waals surface area contributed by atoms with Gasteiger partial charge in [0.25, 0.3) is 0 Å². The van der Waals surface area contributed by atoms with Crippen molar-refractivity contribution >= 4 is 23.1 Å². The average Bonchev–Trinajstić information content (AvgIpc) is 3.22. The zero-order chi connectivity index (χ0) is 24.2. The second-order valence-electron chi connectivity index (χ2n) is 8.29. The summed E-state index contributed by atoms with van der Waals surface area (Å²) >= 11 is 0. The van der Waals surface area contributed by atoms with E-state index in [0.29, 0.717) is 22.6 Å². The van der Waals surface area contributed by atoms with Crippen molar-refractivity contribution in [1.29, 1.82) is 0 Å². The Labute approximate surface area is 198 Å². The van der Waals surface area contributed by atoms with E-state index in [1.807, 2.05) is 60.8 Å². The van der Waals surface area contributed by atoms with E-state index in [2.05, 4.69) is 27.1 Å². The second kappa shape index (κ2) is 9.59. The van der Waals surface area contributed by atoms with E-state index in [-0.39, 0.29) is 18.2 Å². The number of hydrogen-bond donors (Lipinski definition) is 1. The van der Waals surface area contributed by atoms with Crippen molar-refractivity contribution in [2.45, 2.75) is 20.3 Å². The van der Waals surface area contributed by atoms with Crippen LogP contribution in [0.1, 0.15) is 38.4 Å². The second-order valence-corrected chi connectivity index (χ2v) is 8.29. The van der Waals surface area contributed by atoms with Gasteiger partial charge in [-0.25, -0.2) is 9.78 Å². The Morgan fingerprint density at radius 3 is 2.65 bits per heavy atom. The molecule has 0 aliphatic carbocycles. The Morgan fingerprint density at radius 2 is 1.88 bits per heavy atom. The molecule has 3 aromatic heterocycles. The fourth-order valence-electron chi connectivity index (χ4n) is 3.45. The third-order valence-corrected chi connectivity index (χ3v) is 5.38. The Kier molecular flexibility index (Phi) is 6.42. The summed E-state index contributed by atoms with van der Waals surface area (Å²) in [6.45, 7) is 3.94. The molecule has 0 bridgehead atoms. The van der Waals surface area contributed by atoms with Crippen molar-refractivity contribution in [1.82, 2.24) is 19.3 Å². The van der Waals surface area contributed by atoms with Gasteiger partial charge < -0.3 is 10.2 Å². The summed E-state index contributed by atoms with van der Waals surface area (Å²) in [6, 6.07) is 12.8. The van der Waals surface area contributed by atoms with Crippen molar-refractivity contribution < 1.29 is 9.59 Å².